The van der Waals surface area contributed by atoms with Crippen LogP contribution in [0, 0.1) is 0 Å². The minimum Gasteiger partial charge on any atom is -0.462 e. The minimum atomic E-state index is -0.340. The predicted molar refractivity (Wildman–Crippen MR) is 97.8 cm³/mol. The minimum absolute atomic E-state index is 0.340. The van der Waals surface area contributed by atoms with Crippen molar-refractivity contribution in [2.75, 3.05) is 13.2 Å². The lowest BCUT2D eigenvalue weighted by Gasteiger charge is -2.14. The highest BCUT2D eigenvalue weighted by Gasteiger charge is 2.22. The van der Waals surface area contributed by atoms with Crippen LogP contribution in [0.5, 0.6) is 0 Å². The summed E-state index contributed by atoms with van der Waals surface area (Å²) in [7, 11) is 0. The molecule has 0 rings (SSSR count). The molecule has 0 aliphatic heterocycles. The maximum absolute atomic E-state index is 12.5. The molecule has 0 unspecified atom stereocenters. The summed E-state index contributed by atoms with van der Waals surface area (Å²) in [5, 5.41) is 0. The zero-order chi connectivity index (χ0) is 18.2. The molecule has 4 heteroatoms. The van der Waals surface area contributed by atoms with Gasteiger partial charge in [-0.25, -0.2) is 9.59 Å². The fraction of sp³-hybridized carbons (Fsp3) is 0.800. The number of rotatable bonds is 14. The topological polar surface area (TPSA) is 52.6 Å². The summed E-state index contributed by atoms with van der Waals surface area (Å²) >= 11 is 0. The fourth-order valence-electron chi connectivity index (χ4n) is 2.42. The Balaban J connectivity index is 5.34. The third kappa shape index (κ3) is 9.74. The second-order valence-corrected chi connectivity index (χ2v) is 6.14. The quantitative estimate of drug-likeness (QED) is 0.243. The van der Waals surface area contributed by atoms with Gasteiger partial charge in [-0.3, -0.25) is 0 Å². The Morgan fingerprint density at radius 3 is 1.25 bits per heavy atom. The maximum Gasteiger partial charge on any atom is 0.334 e. The summed E-state index contributed by atoms with van der Waals surface area (Å²) in [4.78, 5) is 24.9. The third-order valence-corrected chi connectivity index (χ3v) is 3.79. The van der Waals surface area contributed by atoms with Gasteiger partial charge in [0.2, 0.25) is 0 Å². The summed E-state index contributed by atoms with van der Waals surface area (Å²) in [6.45, 7) is 8.95. The molecule has 0 atom stereocenters. The van der Waals surface area contributed by atoms with E-state index < -0.39 is 0 Å². The second-order valence-electron chi connectivity index (χ2n) is 6.14. The molecule has 0 aliphatic carbocycles. The van der Waals surface area contributed by atoms with Gasteiger partial charge in [0, 0.05) is 11.1 Å². The van der Waals surface area contributed by atoms with Crippen molar-refractivity contribution in [3.63, 3.8) is 0 Å². The van der Waals surface area contributed by atoms with Gasteiger partial charge in [0.05, 0.1) is 13.2 Å². The van der Waals surface area contributed by atoms with E-state index in [1.165, 1.54) is 0 Å². The highest BCUT2D eigenvalue weighted by molar-refractivity contribution is 6.00. The van der Waals surface area contributed by atoms with Gasteiger partial charge in [-0.1, -0.05) is 53.4 Å². The van der Waals surface area contributed by atoms with Crippen molar-refractivity contribution in [1.29, 1.82) is 0 Å². The van der Waals surface area contributed by atoms with Crippen molar-refractivity contribution in [3.05, 3.63) is 11.1 Å². The van der Waals surface area contributed by atoms with E-state index in [1.54, 1.807) is 0 Å². The van der Waals surface area contributed by atoms with Crippen LogP contribution in [0.3, 0.4) is 0 Å². The summed E-state index contributed by atoms with van der Waals surface area (Å²) in [5.41, 5.74) is 1.07. The summed E-state index contributed by atoms with van der Waals surface area (Å²) in [6.07, 6.45) is 8.76. The van der Waals surface area contributed by atoms with Crippen LogP contribution >= 0.6 is 0 Å². The summed E-state index contributed by atoms with van der Waals surface area (Å²) < 4.78 is 10.6. The van der Waals surface area contributed by atoms with Crippen LogP contribution in [-0.2, 0) is 19.1 Å². The van der Waals surface area contributed by atoms with E-state index in [4.69, 9.17) is 9.47 Å². The Hall–Kier alpha value is -1.32. The molecule has 0 heterocycles. The molecular formula is C20H36O4. The average Bonchev–Trinajstić information content (AvgIpc) is 2.59. The molecule has 140 valence electrons. The second kappa shape index (κ2) is 15.2. The van der Waals surface area contributed by atoms with Crippen LogP contribution in [0.15, 0.2) is 11.1 Å². The van der Waals surface area contributed by atoms with E-state index in [1.807, 2.05) is 13.8 Å². The Labute approximate surface area is 148 Å². The summed E-state index contributed by atoms with van der Waals surface area (Å²) in [6, 6.07) is 0. The Bertz CT molecular complexity index is 349. The zero-order valence-electron chi connectivity index (χ0n) is 16.1. The molecule has 24 heavy (non-hydrogen) atoms. The van der Waals surface area contributed by atoms with Crippen molar-refractivity contribution in [2.45, 2.75) is 91.9 Å². The van der Waals surface area contributed by atoms with Crippen molar-refractivity contribution < 1.29 is 19.1 Å². The number of hydrogen-bond acceptors (Lipinski definition) is 4. The average molecular weight is 341 g/mol. The van der Waals surface area contributed by atoms with Gasteiger partial charge in [-0.2, -0.15) is 0 Å². The van der Waals surface area contributed by atoms with E-state index in [9.17, 15) is 9.59 Å². The van der Waals surface area contributed by atoms with Crippen LogP contribution in [0.4, 0.5) is 0 Å². The Morgan fingerprint density at radius 1 is 0.583 bits per heavy atom. The van der Waals surface area contributed by atoms with Crippen LogP contribution in [0.25, 0.3) is 0 Å². The molecule has 0 saturated carbocycles. The number of hydrogen-bond donors (Lipinski definition) is 0. The normalized spacial score (nSPS) is 11.8. The van der Waals surface area contributed by atoms with Crippen molar-refractivity contribution in [3.8, 4) is 0 Å². The van der Waals surface area contributed by atoms with Crippen LogP contribution in [0.1, 0.15) is 91.9 Å². The van der Waals surface area contributed by atoms with E-state index in [0.29, 0.717) is 37.2 Å². The number of carbonyl (C=O) groups excluding carboxylic acids is 2. The van der Waals surface area contributed by atoms with Gasteiger partial charge in [-0.05, 0) is 38.5 Å². The van der Waals surface area contributed by atoms with Crippen molar-refractivity contribution in [2.24, 2.45) is 0 Å². The van der Waals surface area contributed by atoms with Gasteiger partial charge >= 0.3 is 11.9 Å². The highest BCUT2D eigenvalue weighted by atomic mass is 16.5. The van der Waals surface area contributed by atoms with Crippen molar-refractivity contribution >= 4 is 11.9 Å². The molecule has 0 saturated heterocycles. The van der Waals surface area contributed by atoms with Crippen molar-refractivity contribution in [1.82, 2.24) is 0 Å². The third-order valence-electron chi connectivity index (χ3n) is 3.79. The molecule has 4 nitrogen and oxygen atoms in total. The number of esters is 2. The highest BCUT2D eigenvalue weighted by Crippen LogP contribution is 2.22. The molecule has 0 N–H and O–H groups in total. The standard InChI is InChI=1S/C20H36O4/c1-5-9-11-13-17(19(21)23-15-7-3)18(14-12-10-6-2)20(22)24-16-8-4/h5-16H2,1-4H3. The first kappa shape index (κ1) is 22.7. The maximum atomic E-state index is 12.5. The fourth-order valence-corrected chi connectivity index (χ4v) is 2.42. The van der Waals surface area contributed by atoms with E-state index >= 15 is 0 Å². The SMILES string of the molecule is CCCCCC(C(=O)OCCC)=C(CCCCC)C(=O)OCCC. The molecule has 0 fully saturated rings. The van der Waals surface area contributed by atoms with Gasteiger partial charge in [-0.15, -0.1) is 0 Å². The molecule has 0 aliphatic rings. The molecule has 0 spiro atoms. The zero-order valence-corrected chi connectivity index (χ0v) is 16.1. The van der Waals surface area contributed by atoms with Gasteiger partial charge in [0.15, 0.2) is 0 Å². The lowest BCUT2D eigenvalue weighted by atomic mass is 9.97. The number of carbonyl (C=O) groups is 2. The summed E-state index contributed by atoms with van der Waals surface area (Å²) in [5.74, 6) is -0.680. The lowest BCUT2D eigenvalue weighted by Crippen LogP contribution is -2.18. The van der Waals surface area contributed by atoms with E-state index in [-0.39, 0.29) is 11.9 Å². The smallest absolute Gasteiger partial charge is 0.334 e. The van der Waals surface area contributed by atoms with Crippen LogP contribution < -0.4 is 0 Å². The largest absolute Gasteiger partial charge is 0.462 e. The van der Waals surface area contributed by atoms with Crippen LogP contribution in [0.2, 0.25) is 0 Å². The molecule has 0 aromatic rings. The first-order chi connectivity index (χ1) is 11.6. The molecule has 0 radical (unpaired) electrons. The molecule has 0 aromatic carbocycles. The van der Waals surface area contributed by atoms with E-state index in [2.05, 4.69) is 13.8 Å². The van der Waals surface area contributed by atoms with E-state index in [0.717, 1.165) is 51.4 Å². The molecule has 0 bridgehead atoms. The van der Waals surface area contributed by atoms with Gasteiger partial charge < -0.3 is 9.47 Å². The number of unbranched alkanes of at least 4 members (excludes halogenated alkanes) is 4. The predicted octanol–water partition coefficient (Wildman–Crippen LogP) is 5.35. The first-order valence-electron chi connectivity index (χ1n) is 9.68. The molecule has 0 aromatic heterocycles. The molecule has 0 amide bonds. The Morgan fingerprint density at radius 2 is 0.958 bits per heavy atom. The lowest BCUT2D eigenvalue weighted by molar-refractivity contribution is -0.142. The Kier molecular flexibility index (Phi) is 14.4. The van der Waals surface area contributed by atoms with Crippen LogP contribution in [-0.4, -0.2) is 25.2 Å². The van der Waals surface area contributed by atoms with Gasteiger partial charge in [0.1, 0.15) is 0 Å². The first-order valence-corrected chi connectivity index (χ1v) is 9.68. The molecular weight excluding hydrogens is 304 g/mol. The number of ether oxygens (including phenoxy) is 2. The van der Waals surface area contributed by atoms with Gasteiger partial charge in [0.25, 0.3) is 0 Å². The monoisotopic (exact) mass is 340 g/mol.